The third-order valence-electron chi connectivity index (χ3n) is 11.6. The zero-order chi connectivity index (χ0) is 44.8. The topological polar surface area (TPSA) is 208 Å². The van der Waals surface area contributed by atoms with Crippen LogP contribution in [-0.4, -0.2) is 124 Å². The molecule has 62 heavy (non-hydrogen) atoms. The third kappa shape index (κ3) is 9.52. The lowest BCUT2D eigenvalue weighted by Gasteiger charge is -2.49. The Bertz CT molecular complexity index is 2050. The molecule has 3 aliphatic heterocycles. The summed E-state index contributed by atoms with van der Waals surface area (Å²) in [5, 5.41) is 27.5. The first kappa shape index (κ1) is 45.1. The first-order valence-electron chi connectivity index (χ1n) is 20.4. The van der Waals surface area contributed by atoms with E-state index in [1.54, 1.807) is 45.0 Å². The van der Waals surface area contributed by atoms with Gasteiger partial charge in [0, 0.05) is 31.8 Å². The Hall–Kier alpha value is -4.92. The molecule has 3 heterocycles. The molecule has 3 saturated heterocycles. The van der Waals surface area contributed by atoms with Crippen molar-refractivity contribution in [3.05, 3.63) is 76.9 Å². The number of rotatable bonds is 14. The quantitative estimate of drug-likeness (QED) is 0.122. The number of carbonyl (C=O) groups excluding carboxylic acids is 5. The van der Waals surface area contributed by atoms with Crippen LogP contribution in [0.5, 0.6) is 0 Å². The van der Waals surface area contributed by atoms with Crippen LogP contribution in [0.4, 0.5) is 13.2 Å². The number of fused-ring (bicyclic) bond motifs is 5. The van der Waals surface area contributed by atoms with Crippen LogP contribution in [0.25, 0.3) is 6.08 Å². The zero-order valence-corrected chi connectivity index (χ0v) is 34.5. The molecule has 2 amide bonds. The number of benzene rings is 2. The summed E-state index contributed by atoms with van der Waals surface area (Å²) >= 11 is 0. The van der Waals surface area contributed by atoms with Gasteiger partial charge in [-0.2, -0.15) is 18.2 Å². The molecule has 2 aromatic rings. The van der Waals surface area contributed by atoms with E-state index in [2.05, 4.69) is 15.4 Å². The number of amides is 2. The molecule has 0 aromatic heterocycles. The molecule has 4 fully saturated rings. The van der Waals surface area contributed by atoms with Gasteiger partial charge in [-0.1, -0.05) is 48.5 Å². The number of nitrogens with one attached hydrogen (secondary N) is 2. The van der Waals surface area contributed by atoms with Crippen molar-refractivity contribution in [3.8, 4) is 0 Å². The molecular formula is C43H50F3N3O13. The molecule has 7 rings (SSSR count). The Kier molecular flexibility index (Phi) is 12.6. The molecule has 336 valence electrons. The second kappa shape index (κ2) is 17.3. The van der Waals surface area contributed by atoms with E-state index < -0.39 is 115 Å². The minimum Gasteiger partial charge on any atom is -0.460 e. The highest BCUT2D eigenvalue weighted by molar-refractivity contribution is 5.96. The van der Waals surface area contributed by atoms with Crippen molar-refractivity contribution in [2.75, 3.05) is 13.2 Å². The lowest BCUT2D eigenvalue weighted by Crippen LogP contribution is -2.71. The van der Waals surface area contributed by atoms with Gasteiger partial charge in [0.2, 0.25) is 11.8 Å². The molecule has 9 unspecified atom stereocenters. The molecule has 16 nitrogen and oxygen atoms in total. The number of hydrogen-bond donors (Lipinski definition) is 4. The molecule has 19 heteroatoms. The highest BCUT2D eigenvalue weighted by Gasteiger charge is 2.76. The van der Waals surface area contributed by atoms with Crippen molar-refractivity contribution in [3.63, 3.8) is 0 Å². The molecule has 1 saturated carbocycles. The van der Waals surface area contributed by atoms with Crippen LogP contribution in [-0.2, 0) is 71.9 Å². The predicted molar refractivity (Wildman–Crippen MR) is 208 cm³/mol. The number of aliphatic hydroxyl groups excluding tert-OH is 2. The van der Waals surface area contributed by atoms with E-state index in [-0.39, 0.29) is 25.8 Å². The van der Waals surface area contributed by atoms with Gasteiger partial charge in [-0.15, -0.1) is 0 Å². The van der Waals surface area contributed by atoms with Gasteiger partial charge in [0.25, 0.3) is 0 Å². The van der Waals surface area contributed by atoms with Gasteiger partial charge in [0.1, 0.15) is 41.5 Å². The normalized spacial score (nSPS) is 27.5. The largest absolute Gasteiger partial charge is 0.460 e. The highest BCUT2D eigenvalue weighted by Crippen LogP contribution is 2.58. The molecular weight excluding hydrogens is 823 g/mol. The lowest BCUT2D eigenvalue weighted by molar-refractivity contribution is -0.217. The van der Waals surface area contributed by atoms with E-state index in [1.165, 1.54) is 18.1 Å². The number of aliphatic hydroxyl groups is 2. The maximum absolute atomic E-state index is 15.0. The summed E-state index contributed by atoms with van der Waals surface area (Å²) < 4.78 is 66.3. The number of esters is 3. The molecule has 5 aliphatic rings. The first-order chi connectivity index (χ1) is 29.2. The average molecular weight is 874 g/mol. The van der Waals surface area contributed by atoms with E-state index in [4.69, 9.17) is 23.8 Å². The Morgan fingerprint density at radius 3 is 2.27 bits per heavy atom. The monoisotopic (exact) mass is 873 g/mol. The summed E-state index contributed by atoms with van der Waals surface area (Å²) in [6.07, 6.45) is -7.35. The maximum Gasteiger partial charge on any atom is 0.422 e. The molecule has 2 bridgehead atoms. The Morgan fingerprint density at radius 1 is 1.00 bits per heavy atom. The standard InChI is InChI=1S/C43H50F3N3O13/c1-23(51)32(37(54)47-28(21-50)14-16-31(53)59-40(2,3)4)48-39(56)42-19-29-33-34(61-41(60-33)17-26-7-5-6-8-27(26)18-41)36(42)62-49(35(42)38(55)58-29)20-25-11-9-24(10-12-25)13-15-30(52)57-22-43(44,45)46/h5-13,15,23,28-29,32-36,50-51H,14,16-22H2,1-4H3,(H,47,54)(H,48,56). The highest BCUT2D eigenvalue weighted by atomic mass is 19.4. The summed E-state index contributed by atoms with van der Waals surface area (Å²) in [6.45, 7) is 4.04. The summed E-state index contributed by atoms with van der Waals surface area (Å²) in [5.41, 5.74) is 0.547. The van der Waals surface area contributed by atoms with E-state index >= 15 is 0 Å². The number of carbonyl (C=O) groups is 5. The molecule has 1 spiro atoms. The van der Waals surface area contributed by atoms with Crippen molar-refractivity contribution in [1.82, 2.24) is 15.7 Å². The van der Waals surface area contributed by atoms with Gasteiger partial charge in [-0.05, 0) is 62.4 Å². The molecule has 2 aromatic carbocycles. The van der Waals surface area contributed by atoms with Crippen LogP contribution >= 0.6 is 0 Å². The number of alkyl halides is 3. The predicted octanol–water partition coefficient (Wildman–Crippen LogP) is 2.35. The Labute approximate surface area is 354 Å². The van der Waals surface area contributed by atoms with Gasteiger partial charge < -0.3 is 44.5 Å². The molecule has 0 radical (unpaired) electrons. The average Bonchev–Trinajstić information content (AvgIpc) is 3.87. The van der Waals surface area contributed by atoms with Crippen LogP contribution < -0.4 is 10.6 Å². The molecule has 2 aliphatic carbocycles. The number of ether oxygens (including phenoxy) is 5. The SMILES string of the molecule is CC(O)C(NC(=O)C12CC3OC(=O)C1N(Cc1ccc(C=CC(=O)OCC(F)(F)F)cc1)OC2C1OC2(Cc4ccccc4C2)OC31)C(=O)NC(CO)CCC(=O)OC(C)(C)C. The fourth-order valence-corrected chi connectivity index (χ4v) is 8.90. The van der Waals surface area contributed by atoms with Gasteiger partial charge in [0.15, 0.2) is 18.4 Å². The lowest BCUT2D eigenvalue weighted by atomic mass is 9.62. The Morgan fingerprint density at radius 2 is 1.66 bits per heavy atom. The Balaban J connectivity index is 1.13. The van der Waals surface area contributed by atoms with E-state index in [0.29, 0.717) is 24.0 Å². The minimum atomic E-state index is -4.67. The zero-order valence-electron chi connectivity index (χ0n) is 34.5. The van der Waals surface area contributed by atoms with Crippen LogP contribution in [0, 0.1) is 5.41 Å². The maximum atomic E-state index is 15.0. The van der Waals surface area contributed by atoms with Crippen molar-refractivity contribution in [2.45, 2.75) is 133 Å². The fourth-order valence-electron chi connectivity index (χ4n) is 8.90. The summed E-state index contributed by atoms with van der Waals surface area (Å²) in [7, 11) is 0. The van der Waals surface area contributed by atoms with Gasteiger partial charge in [0.05, 0.1) is 25.3 Å². The second-order valence-corrected chi connectivity index (χ2v) is 17.4. The van der Waals surface area contributed by atoms with Gasteiger partial charge >= 0.3 is 24.1 Å². The van der Waals surface area contributed by atoms with Crippen LogP contribution in [0.2, 0.25) is 0 Å². The summed E-state index contributed by atoms with van der Waals surface area (Å²) in [5.74, 6) is -5.32. The van der Waals surface area contributed by atoms with E-state index in [1.807, 2.05) is 24.3 Å². The van der Waals surface area contributed by atoms with Gasteiger partial charge in [-0.3, -0.25) is 24.0 Å². The van der Waals surface area contributed by atoms with Crippen LogP contribution in [0.15, 0.2) is 54.6 Å². The molecule has 9 atom stereocenters. The summed E-state index contributed by atoms with van der Waals surface area (Å²) in [6, 6.07) is 10.3. The van der Waals surface area contributed by atoms with E-state index in [0.717, 1.165) is 17.2 Å². The van der Waals surface area contributed by atoms with Crippen LogP contribution in [0.3, 0.4) is 0 Å². The van der Waals surface area contributed by atoms with Crippen molar-refractivity contribution in [2.24, 2.45) is 5.41 Å². The van der Waals surface area contributed by atoms with E-state index in [9.17, 15) is 47.4 Å². The summed E-state index contributed by atoms with van der Waals surface area (Å²) in [4.78, 5) is 73.6. The minimum absolute atomic E-state index is 0.000171. The van der Waals surface area contributed by atoms with Gasteiger partial charge in [-0.25, -0.2) is 4.79 Å². The third-order valence-corrected chi connectivity index (χ3v) is 11.6. The number of nitrogens with zero attached hydrogens (tertiary/aromatic N) is 1. The number of halogens is 3. The smallest absolute Gasteiger partial charge is 0.422 e. The fraction of sp³-hybridized carbons (Fsp3) is 0.558. The van der Waals surface area contributed by atoms with Crippen molar-refractivity contribution >= 4 is 35.8 Å². The van der Waals surface area contributed by atoms with Crippen LogP contribution in [0.1, 0.15) is 69.2 Å². The second-order valence-electron chi connectivity index (χ2n) is 17.4. The van der Waals surface area contributed by atoms with Crippen molar-refractivity contribution in [1.29, 1.82) is 0 Å². The number of hydroxylamine groups is 2. The van der Waals surface area contributed by atoms with Crippen molar-refractivity contribution < 1.29 is 75.9 Å². The molecule has 4 N–H and O–H groups in total. The number of hydrogen-bond acceptors (Lipinski definition) is 14. The first-order valence-corrected chi connectivity index (χ1v) is 20.4.